The highest BCUT2D eigenvalue weighted by Gasteiger charge is 2.12. The molecule has 2 aromatic rings. The molecule has 1 amide bonds. The number of nitrogens with one attached hydrogen (secondary N) is 1. The van der Waals surface area contributed by atoms with Crippen LogP contribution in [0.1, 0.15) is 20.2 Å². The van der Waals surface area contributed by atoms with Gasteiger partial charge in [-0.1, -0.05) is 4.49 Å². The Morgan fingerprint density at radius 2 is 2.44 bits per heavy atom. The molecule has 0 radical (unpaired) electrons. The zero-order chi connectivity index (χ0) is 11.5. The molecule has 0 spiro atoms. The number of rotatable bonds is 3. The molecule has 1 N–H and O–H groups in total. The van der Waals surface area contributed by atoms with Crippen LogP contribution in [-0.4, -0.2) is 15.5 Å². The second kappa shape index (κ2) is 5.03. The fourth-order valence-electron chi connectivity index (χ4n) is 1.13. The van der Waals surface area contributed by atoms with Gasteiger partial charge in [0.1, 0.15) is 4.88 Å². The summed E-state index contributed by atoms with van der Waals surface area (Å²) < 4.78 is 4.77. The maximum Gasteiger partial charge on any atom is 0.265 e. The Bertz CT molecular complexity index is 508. The Hall–Kier alpha value is -0.790. The molecule has 0 aliphatic carbocycles. The minimum atomic E-state index is -0.114. The van der Waals surface area contributed by atoms with Crippen LogP contribution in [0, 0.1) is 6.92 Å². The van der Waals surface area contributed by atoms with E-state index in [2.05, 4.69) is 30.8 Å². The highest BCUT2D eigenvalue weighted by molar-refractivity contribution is 9.10. The van der Waals surface area contributed by atoms with Gasteiger partial charge in [-0.25, -0.2) is 0 Å². The minimum Gasteiger partial charge on any atom is -0.346 e. The summed E-state index contributed by atoms with van der Waals surface area (Å²) in [5, 5.41) is 8.62. The van der Waals surface area contributed by atoms with Gasteiger partial charge in [0.05, 0.1) is 12.2 Å². The number of aryl methyl sites for hydroxylation is 1. The van der Waals surface area contributed by atoms with Crippen LogP contribution in [0.5, 0.6) is 0 Å². The van der Waals surface area contributed by atoms with E-state index >= 15 is 0 Å². The van der Waals surface area contributed by atoms with Crippen molar-refractivity contribution < 1.29 is 4.79 Å². The van der Waals surface area contributed by atoms with E-state index in [0.717, 1.165) is 20.9 Å². The summed E-state index contributed by atoms with van der Waals surface area (Å²) in [7, 11) is 0. The van der Waals surface area contributed by atoms with Crippen molar-refractivity contribution in [2.75, 3.05) is 0 Å². The summed E-state index contributed by atoms with van der Waals surface area (Å²) in [5.41, 5.74) is 0.676. The molecule has 0 unspecified atom stereocenters. The summed E-state index contributed by atoms with van der Waals surface area (Å²) in [5.74, 6) is -0.114. The molecule has 4 nitrogen and oxygen atoms in total. The van der Waals surface area contributed by atoms with Gasteiger partial charge in [0.25, 0.3) is 5.91 Å². The Morgan fingerprint density at radius 1 is 1.62 bits per heavy atom. The summed E-state index contributed by atoms with van der Waals surface area (Å²) in [6, 6.07) is 1.99. The molecule has 0 aliphatic heterocycles. The lowest BCUT2D eigenvalue weighted by Crippen LogP contribution is -2.22. The van der Waals surface area contributed by atoms with Crippen LogP contribution in [0.15, 0.2) is 15.9 Å². The first-order valence-corrected chi connectivity index (χ1v) is 6.91. The van der Waals surface area contributed by atoms with Gasteiger partial charge in [0.2, 0.25) is 0 Å². The minimum absolute atomic E-state index is 0.114. The smallest absolute Gasteiger partial charge is 0.265 e. The molecule has 0 atom stereocenters. The molecule has 2 heterocycles. The van der Waals surface area contributed by atoms with E-state index in [1.54, 1.807) is 18.3 Å². The SMILES string of the molecule is Cc1nnsc1C(=O)NCc1cc(Br)cs1. The number of carbonyl (C=O) groups is 1. The first-order valence-electron chi connectivity index (χ1n) is 4.47. The quantitative estimate of drug-likeness (QED) is 0.946. The fourth-order valence-corrected chi connectivity index (χ4v) is 3.10. The van der Waals surface area contributed by atoms with E-state index in [9.17, 15) is 4.79 Å². The number of hydrogen-bond donors (Lipinski definition) is 1. The van der Waals surface area contributed by atoms with Crippen LogP contribution in [0.4, 0.5) is 0 Å². The van der Waals surface area contributed by atoms with Gasteiger partial charge < -0.3 is 5.32 Å². The number of nitrogens with zero attached hydrogens (tertiary/aromatic N) is 2. The third-order valence-electron chi connectivity index (χ3n) is 1.90. The normalized spacial score (nSPS) is 10.4. The zero-order valence-corrected chi connectivity index (χ0v) is 11.6. The predicted molar refractivity (Wildman–Crippen MR) is 67.8 cm³/mol. The Morgan fingerprint density at radius 3 is 3.00 bits per heavy atom. The number of halogens is 1. The number of hydrogen-bond acceptors (Lipinski definition) is 5. The van der Waals surface area contributed by atoms with Crippen LogP contribution >= 0.6 is 38.8 Å². The monoisotopic (exact) mass is 317 g/mol. The highest BCUT2D eigenvalue weighted by Crippen LogP contribution is 2.19. The molecule has 0 bridgehead atoms. The number of aromatic nitrogens is 2. The molecular formula is C9H8BrN3OS2. The number of amides is 1. The average Bonchev–Trinajstić information content (AvgIpc) is 2.84. The van der Waals surface area contributed by atoms with Gasteiger partial charge in [0.15, 0.2) is 0 Å². The van der Waals surface area contributed by atoms with Crippen LogP contribution in [0.3, 0.4) is 0 Å². The van der Waals surface area contributed by atoms with E-state index in [1.807, 2.05) is 11.4 Å². The van der Waals surface area contributed by atoms with Crippen molar-refractivity contribution in [2.45, 2.75) is 13.5 Å². The molecule has 0 saturated heterocycles. The summed E-state index contributed by atoms with van der Waals surface area (Å²) in [6.45, 7) is 2.31. The summed E-state index contributed by atoms with van der Waals surface area (Å²) in [6.07, 6.45) is 0. The van der Waals surface area contributed by atoms with Crippen molar-refractivity contribution in [2.24, 2.45) is 0 Å². The second-order valence-electron chi connectivity index (χ2n) is 3.10. The molecule has 16 heavy (non-hydrogen) atoms. The zero-order valence-electron chi connectivity index (χ0n) is 8.36. The number of thiophene rings is 1. The molecule has 0 fully saturated rings. The van der Waals surface area contributed by atoms with Crippen molar-refractivity contribution in [1.82, 2.24) is 14.9 Å². The summed E-state index contributed by atoms with van der Waals surface area (Å²) in [4.78, 5) is 13.4. The summed E-state index contributed by atoms with van der Waals surface area (Å²) >= 11 is 6.09. The Kier molecular flexibility index (Phi) is 3.67. The van der Waals surface area contributed by atoms with Crippen LogP contribution in [-0.2, 0) is 6.54 Å². The van der Waals surface area contributed by atoms with Crippen molar-refractivity contribution in [3.63, 3.8) is 0 Å². The third kappa shape index (κ3) is 2.66. The van der Waals surface area contributed by atoms with E-state index < -0.39 is 0 Å². The molecule has 2 aromatic heterocycles. The first-order chi connectivity index (χ1) is 7.66. The maximum atomic E-state index is 11.7. The lowest BCUT2D eigenvalue weighted by atomic mass is 10.3. The van der Waals surface area contributed by atoms with Gasteiger partial charge in [0, 0.05) is 14.7 Å². The third-order valence-corrected chi connectivity index (χ3v) is 4.43. The van der Waals surface area contributed by atoms with E-state index in [-0.39, 0.29) is 5.91 Å². The van der Waals surface area contributed by atoms with Gasteiger partial charge in [-0.05, 0) is 40.5 Å². The number of carbonyl (C=O) groups excluding carboxylic acids is 1. The van der Waals surface area contributed by atoms with Crippen molar-refractivity contribution in [3.8, 4) is 0 Å². The lowest BCUT2D eigenvalue weighted by molar-refractivity contribution is 0.0954. The molecular weight excluding hydrogens is 310 g/mol. The van der Waals surface area contributed by atoms with E-state index in [4.69, 9.17) is 0 Å². The van der Waals surface area contributed by atoms with Gasteiger partial charge >= 0.3 is 0 Å². The average molecular weight is 318 g/mol. The second-order valence-corrected chi connectivity index (χ2v) is 5.77. The van der Waals surface area contributed by atoms with Gasteiger partial charge in [-0.2, -0.15) is 0 Å². The molecule has 0 saturated carbocycles. The largest absolute Gasteiger partial charge is 0.346 e. The fraction of sp³-hybridized carbons (Fsp3) is 0.222. The predicted octanol–water partition coefficient (Wildman–Crippen LogP) is 2.60. The maximum absolute atomic E-state index is 11.7. The Labute approximate surface area is 109 Å². The van der Waals surface area contributed by atoms with Crippen LogP contribution in [0.2, 0.25) is 0 Å². The van der Waals surface area contributed by atoms with E-state index in [0.29, 0.717) is 17.1 Å². The van der Waals surface area contributed by atoms with E-state index in [1.165, 1.54) is 0 Å². The molecule has 2 rings (SSSR count). The van der Waals surface area contributed by atoms with Crippen LogP contribution in [0.25, 0.3) is 0 Å². The first kappa shape index (κ1) is 11.7. The van der Waals surface area contributed by atoms with Crippen molar-refractivity contribution >= 4 is 44.7 Å². The van der Waals surface area contributed by atoms with Crippen LogP contribution < -0.4 is 5.32 Å². The molecule has 0 aromatic carbocycles. The molecule has 7 heteroatoms. The topological polar surface area (TPSA) is 54.9 Å². The van der Waals surface area contributed by atoms with Crippen molar-refractivity contribution in [3.05, 3.63) is 31.4 Å². The van der Waals surface area contributed by atoms with Gasteiger partial charge in [-0.15, -0.1) is 16.4 Å². The molecule has 84 valence electrons. The van der Waals surface area contributed by atoms with Crippen molar-refractivity contribution in [1.29, 1.82) is 0 Å². The Balaban J connectivity index is 1.96. The standard InChI is InChI=1S/C9H8BrN3OS2/c1-5-8(16-13-12-5)9(14)11-3-7-2-6(10)4-15-7/h2,4H,3H2,1H3,(H,11,14). The van der Waals surface area contributed by atoms with Gasteiger partial charge in [-0.3, -0.25) is 4.79 Å². The lowest BCUT2D eigenvalue weighted by Gasteiger charge is -2.00. The molecule has 0 aliphatic rings. The highest BCUT2D eigenvalue weighted by atomic mass is 79.9.